The number of nitrogens with one attached hydrogen (secondary N) is 1. The van der Waals surface area contributed by atoms with Crippen molar-refractivity contribution in [2.45, 2.75) is 25.8 Å². The van der Waals surface area contributed by atoms with Gasteiger partial charge in [-0.3, -0.25) is 9.69 Å². The zero-order valence-corrected chi connectivity index (χ0v) is 15.5. The van der Waals surface area contributed by atoms with Crippen molar-refractivity contribution in [3.05, 3.63) is 24.4 Å². The maximum absolute atomic E-state index is 12.1. The highest BCUT2D eigenvalue weighted by Crippen LogP contribution is 2.36. The normalized spacial score (nSPS) is 19.1. The van der Waals surface area contributed by atoms with Gasteiger partial charge < -0.3 is 29.8 Å². The minimum atomic E-state index is -0.606. The number of hydrogen-bond acceptors (Lipinski definition) is 7. The number of nitrogens with two attached hydrogens (primary N) is 1. The summed E-state index contributed by atoms with van der Waals surface area (Å²) in [5, 5.41) is 3.04. The Hall–Kier alpha value is -3.27. The number of methoxy groups -OCH3 is 1. The molecule has 10 heteroatoms. The quantitative estimate of drug-likeness (QED) is 0.789. The van der Waals surface area contributed by atoms with Crippen molar-refractivity contribution in [3.63, 3.8) is 0 Å². The SMILES string of the molecule is CO[C@H]1CN(c2cn3c(n2)-c2ccc(N[C@@H](C)C(N)=O)cc2OCC3)C(=O)O1. The first-order chi connectivity index (χ1) is 13.5. The summed E-state index contributed by atoms with van der Waals surface area (Å²) in [4.78, 5) is 29.4. The lowest BCUT2D eigenvalue weighted by molar-refractivity contribution is -0.118. The molecule has 4 rings (SSSR count). The molecular weight excluding hydrogens is 366 g/mol. The highest BCUT2D eigenvalue weighted by atomic mass is 16.7. The van der Waals surface area contributed by atoms with Gasteiger partial charge in [-0.25, -0.2) is 9.78 Å². The zero-order valence-electron chi connectivity index (χ0n) is 15.5. The Kier molecular flexibility index (Phi) is 4.55. The first-order valence-corrected chi connectivity index (χ1v) is 8.87. The largest absolute Gasteiger partial charge is 0.491 e. The molecule has 3 N–H and O–H groups in total. The van der Waals surface area contributed by atoms with Crippen molar-refractivity contribution in [1.29, 1.82) is 0 Å². The Labute approximate surface area is 161 Å². The third-order valence-corrected chi connectivity index (χ3v) is 4.71. The standard InChI is InChI=1S/C18H21N5O5/c1-10(16(19)24)20-11-3-4-12-13(7-11)27-6-5-22-8-14(21-17(12)22)23-9-15(26-2)28-18(23)25/h3-4,7-8,10,15,20H,5-6,9H2,1-2H3,(H2,19,24)/t10-,15+/m0/s1. The van der Waals surface area contributed by atoms with Crippen LogP contribution in [0.1, 0.15) is 6.92 Å². The minimum absolute atomic E-state index is 0.281. The van der Waals surface area contributed by atoms with E-state index < -0.39 is 24.3 Å². The van der Waals surface area contributed by atoms with Gasteiger partial charge in [0.1, 0.15) is 24.2 Å². The molecule has 148 valence electrons. The molecule has 1 aromatic heterocycles. The number of amides is 2. The number of cyclic esters (lactones) is 1. The molecule has 0 unspecified atom stereocenters. The molecule has 1 saturated heterocycles. The Balaban J connectivity index is 1.65. The summed E-state index contributed by atoms with van der Waals surface area (Å²) in [5.41, 5.74) is 6.81. The average molecular weight is 387 g/mol. The fourth-order valence-corrected chi connectivity index (χ4v) is 3.16. The summed E-state index contributed by atoms with van der Waals surface area (Å²) in [6, 6.07) is 4.99. The van der Waals surface area contributed by atoms with Crippen LogP contribution in [0.25, 0.3) is 11.4 Å². The maximum atomic E-state index is 12.1. The third-order valence-electron chi connectivity index (χ3n) is 4.71. The second kappa shape index (κ2) is 7.04. The fourth-order valence-electron chi connectivity index (χ4n) is 3.16. The first-order valence-electron chi connectivity index (χ1n) is 8.87. The number of carbonyl (C=O) groups excluding carboxylic acids is 2. The van der Waals surface area contributed by atoms with Crippen LogP contribution in [-0.2, 0) is 20.8 Å². The lowest BCUT2D eigenvalue weighted by atomic mass is 10.1. The Morgan fingerprint density at radius 2 is 2.29 bits per heavy atom. The molecule has 10 nitrogen and oxygen atoms in total. The number of ether oxygens (including phenoxy) is 3. The zero-order chi connectivity index (χ0) is 19.8. The molecule has 28 heavy (non-hydrogen) atoms. The summed E-state index contributed by atoms with van der Waals surface area (Å²) in [6.45, 7) is 2.99. The van der Waals surface area contributed by atoms with Gasteiger partial charge in [-0.05, 0) is 19.1 Å². The smallest absolute Gasteiger partial charge is 0.418 e. The molecule has 0 aliphatic carbocycles. The molecule has 2 aromatic rings. The fraction of sp³-hybridized carbons (Fsp3) is 0.389. The Morgan fingerprint density at radius 1 is 1.46 bits per heavy atom. The summed E-state index contributed by atoms with van der Waals surface area (Å²) in [5.74, 6) is 1.38. The number of anilines is 2. The van der Waals surface area contributed by atoms with Gasteiger partial charge in [0.05, 0.1) is 18.7 Å². The lowest BCUT2D eigenvalue weighted by Crippen LogP contribution is -2.32. The monoisotopic (exact) mass is 387 g/mol. The van der Waals surface area contributed by atoms with Crippen LogP contribution in [-0.4, -0.2) is 54.1 Å². The summed E-state index contributed by atoms with van der Waals surface area (Å²) < 4.78 is 18.0. The van der Waals surface area contributed by atoms with E-state index >= 15 is 0 Å². The van der Waals surface area contributed by atoms with Gasteiger partial charge in [0.15, 0.2) is 5.82 Å². The van der Waals surface area contributed by atoms with Crippen LogP contribution in [0.4, 0.5) is 16.3 Å². The van der Waals surface area contributed by atoms with Crippen molar-refractivity contribution in [2.24, 2.45) is 5.73 Å². The number of benzene rings is 1. The van der Waals surface area contributed by atoms with Gasteiger partial charge in [-0.1, -0.05) is 0 Å². The number of imidazole rings is 1. The number of hydrogen-bond donors (Lipinski definition) is 2. The molecule has 0 bridgehead atoms. The molecule has 2 amide bonds. The van der Waals surface area contributed by atoms with Crippen LogP contribution in [0.2, 0.25) is 0 Å². The van der Waals surface area contributed by atoms with E-state index in [0.717, 1.165) is 11.3 Å². The molecule has 0 spiro atoms. The van der Waals surface area contributed by atoms with E-state index in [2.05, 4.69) is 10.3 Å². The lowest BCUT2D eigenvalue weighted by Gasteiger charge is -2.14. The first kappa shape index (κ1) is 18.1. The van der Waals surface area contributed by atoms with Crippen molar-refractivity contribution < 1.29 is 23.8 Å². The second-order valence-corrected chi connectivity index (χ2v) is 6.60. The van der Waals surface area contributed by atoms with E-state index in [1.54, 1.807) is 13.1 Å². The average Bonchev–Trinajstić information content (AvgIpc) is 3.21. The molecule has 2 aliphatic heterocycles. The van der Waals surface area contributed by atoms with Crippen molar-refractivity contribution in [2.75, 3.05) is 30.5 Å². The van der Waals surface area contributed by atoms with Crippen LogP contribution < -0.4 is 20.7 Å². The summed E-state index contributed by atoms with van der Waals surface area (Å²) >= 11 is 0. The Morgan fingerprint density at radius 3 is 3.00 bits per heavy atom. The van der Waals surface area contributed by atoms with Crippen LogP contribution in [0.3, 0.4) is 0 Å². The molecule has 2 atom stereocenters. The molecular formula is C18H21N5O5. The van der Waals surface area contributed by atoms with E-state index in [1.807, 2.05) is 22.8 Å². The van der Waals surface area contributed by atoms with Crippen LogP contribution in [0.15, 0.2) is 24.4 Å². The van der Waals surface area contributed by atoms with Crippen LogP contribution in [0.5, 0.6) is 5.75 Å². The molecule has 2 aliphatic rings. The van der Waals surface area contributed by atoms with Crippen molar-refractivity contribution >= 4 is 23.5 Å². The van der Waals surface area contributed by atoms with E-state index in [9.17, 15) is 9.59 Å². The van der Waals surface area contributed by atoms with Crippen LogP contribution >= 0.6 is 0 Å². The number of aromatic nitrogens is 2. The number of primary amides is 1. The van der Waals surface area contributed by atoms with E-state index in [4.69, 9.17) is 19.9 Å². The number of rotatable bonds is 5. The molecule has 0 saturated carbocycles. The molecule has 1 aromatic carbocycles. The van der Waals surface area contributed by atoms with Gasteiger partial charge in [-0.2, -0.15) is 0 Å². The predicted molar refractivity (Wildman–Crippen MR) is 100 cm³/mol. The Bertz CT molecular complexity index is 927. The van der Waals surface area contributed by atoms with Gasteiger partial charge >= 0.3 is 6.09 Å². The van der Waals surface area contributed by atoms with Gasteiger partial charge in [0.2, 0.25) is 12.2 Å². The van der Waals surface area contributed by atoms with Crippen LogP contribution in [0, 0.1) is 0 Å². The molecule has 3 heterocycles. The number of nitrogens with zero attached hydrogens (tertiary/aromatic N) is 3. The summed E-state index contributed by atoms with van der Waals surface area (Å²) in [6.07, 6.45) is 0.705. The van der Waals surface area contributed by atoms with Gasteiger partial charge in [0.25, 0.3) is 0 Å². The van der Waals surface area contributed by atoms with Crippen molar-refractivity contribution in [3.8, 4) is 17.1 Å². The van der Waals surface area contributed by atoms with Gasteiger partial charge in [-0.15, -0.1) is 0 Å². The van der Waals surface area contributed by atoms with Gasteiger partial charge in [0, 0.05) is 25.1 Å². The van der Waals surface area contributed by atoms with E-state index in [0.29, 0.717) is 30.5 Å². The third kappa shape index (κ3) is 3.22. The topological polar surface area (TPSA) is 121 Å². The van der Waals surface area contributed by atoms with E-state index in [1.165, 1.54) is 12.0 Å². The minimum Gasteiger partial charge on any atom is -0.491 e. The van der Waals surface area contributed by atoms with E-state index in [-0.39, 0.29) is 6.54 Å². The predicted octanol–water partition coefficient (Wildman–Crippen LogP) is 1.16. The maximum Gasteiger partial charge on any atom is 0.418 e. The molecule has 0 radical (unpaired) electrons. The number of carbonyl (C=O) groups is 2. The second-order valence-electron chi connectivity index (χ2n) is 6.60. The highest BCUT2D eigenvalue weighted by molar-refractivity contribution is 5.89. The molecule has 1 fully saturated rings. The summed E-state index contributed by atoms with van der Waals surface area (Å²) in [7, 11) is 1.49. The number of fused-ring (bicyclic) bond motifs is 3. The van der Waals surface area contributed by atoms with Crippen molar-refractivity contribution in [1.82, 2.24) is 9.55 Å². The highest BCUT2D eigenvalue weighted by Gasteiger charge is 2.34.